The normalized spacial score (nSPS) is 11.1. The van der Waals surface area contributed by atoms with Gasteiger partial charge in [-0.15, -0.1) is 11.3 Å². The van der Waals surface area contributed by atoms with Crippen molar-refractivity contribution >= 4 is 27.3 Å². The smallest absolute Gasteiger partial charge is 0.160 e. The molecule has 0 fully saturated rings. The molecule has 0 aromatic carbocycles. The maximum absolute atomic E-state index is 4.44. The van der Waals surface area contributed by atoms with E-state index in [1.807, 2.05) is 0 Å². The fourth-order valence-corrected chi connectivity index (χ4v) is 2.78. The second kappa shape index (κ2) is 3.82. The minimum Gasteiger partial charge on any atom is -0.343 e. The average Bonchev–Trinajstić information content (AvgIpc) is 2.70. The zero-order valence-electron chi connectivity index (χ0n) is 7.91. The number of halogens is 1. The van der Waals surface area contributed by atoms with E-state index in [0.29, 0.717) is 5.92 Å². The van der Waals surface area contributed by atoms with Gasteiger partial charge in [0.2, 0.25) is 0 Å². The molecular weight excluding hydrogens is 262 g/mol. The van der Waals surface area contributed by atoms with Gasteiger partial charge in [0.05, 0.1) is 18.2 Å². The molecule has 2 aromatic heterocycles. The van der Waals surface area contributed by atoms with E-state index in [-0.39, 0.29) is 0 Å². The molecular formula is C9H10BrN3S. The quantitative estimate of drug-likeness (QED) is 0.910. The maximum Gasteiger partial charge on any atom is 0.160 e. The Hall–Kier alpha value is -0.680. The Morgan fingerprint density at radius 1 is 1.50 bits per heavy atom. The van der Waals surface area contributed by atoms with Crippen molar-refractivity contribution in [2.24, 2.45) is 0 Å². The fourth-order valence-electron chi connectivity index (χ4n) is 1.27. The van der Waals surface area contributed by atoms with Crippen LogP contribution in [0.15, 0.2) is 16.4 Å². The monoisotopic (exact) mass is 271 g/mol. The minimum absolute atomic E-state index is 0.483. The van der Waals surface area contributed by atoms with Crippen molar-refractivity contribution < 1.29 is 0 Å². The maximum atomic E-state index is 4.44. The minimum atomic E-state index is 0.483. The van der Waals surface area contributed by atoms with Crippen LogP contribution in [0, 0.1) is 0 Å². The first-order valence-corrected chi connectivity index (χ1v) is 5.94. The van der Waals surface area contributed by atoms with Crippen LogP contribution in [0.3, 0.4) is 0 Å². The van der Waals surface area contributed by atoms with Crippen LogP contribution in [0.2, 0.25) is 0 Å². The molecule has 0 aliphatic heterocycles. The first kappa shape index (κ1) is 9.86. The van der Waals surface area contributed by atoms with Gasteiger partial charge in [0.1, 0.15) is 5.69 Å². The Kier molecular flexibility index (Phi) is 2.69. The summed E-state index contributed by atoms with van der Waals surface area (Å²) in [6.07, 6.45) is 3.47. The van der Waals surface area contributed by atoms with Crippen molar-refractivity contribution in [2.75, 3.05) is 0 Å². The SMILES string of the molecule is CC(C)c1sc(Br)nc1-c1cnc[nH]1. The van der Waals surface area contributed by atoms with Crippen LogP contribution in [0.4, 0.5) is 0 Å². The van der Waals surface area contributed by atoms with Gasteiger partial charge in [-0.3, -0.25) is 0 Å². The van der Waals surface area contributed by atoms with E-state index in [1.54, 1.807) is 23.9 Å². The number of aromatic nitrogens is 3. The first-order valence-electron chi connectivity index (χ1n) is 4.33. The molecule has 0 unspecified atom stereocenters. The fraction of sp³-hybridized carbons (Fsp3) is 0.333. The van der Waals surface area contributed by atoms with Crippen LogP contribution >= 0.6 is 27.3 Å². The van der Waals surface area contributed by atoms with Crippen molar-refractivity contribution in [3.05, 3.63) is 21.3 Å². The van der Waals surface area contributed by atoms with E-state index in [4.69, 9.17) is 0 Å². The van der Waals surface area contributed by atoms with Crippen LogP contribution in [0.5, 0.6) is 0 Å². The highest BCUT2D eigenvalue weighted by Gasteiger charge is 2.15. The molecule has 0 spiro atoms. The van der Waals surface area contributed by atoms with Crippen molar-refractivity contribution in [3.8, 4) is 11.4 Å². The zero-order chi connectivity index (χ0) is 10.1. The molecule has 2 heterocycles. The van der Waals surface area contributed by atoms with Crippen LogP contribution in [-0.4, -0.2) is 15.0 Å². The molecule has 0 atom stereocenters. The van der Waals surface area contributed by atoms with Gasteiger partial charge in [0.15, 0.2) is 3.92 Å². The van der Waals surface area contributed by atoms with Gasteiger partial charge in [0, 0.05) is 4.88 Å². The summed E-state index contributed by atoms with van der Waals surface area (Å²) in [6.45, 7) is 4.33. The van der Waals surface area contributed by atoms with E-state index in [1.165, 1.54) is 4.88 Å². The lowest BCUT2D eigenvalue weighted by Gasteiger charge is -2.02. The van der Waals surface area contributed by atoms with E-state index >= 15 is 0 Å². The number of hydrogen-bond acceptors (Lipinski definition) is 3. The summed E-state index contributed by atoms with van der Waals surface area (Å²) in [5.41, 5.74) is 1.99. The van der Waals surface area contributed by atoms with E-state index in [9.17, 15) is 0 Å². The lowest BCUT2D eigenvalue weighted by Crippen LogP contribution is -1.87. The Bertz CT molecular complexity index is 419. The highest BCUT2D eigenvalue weighted by Crippen LogP contribution is 2.34. The highest BCUT2D eigenvalue weighted by atomic mass is 79.9. The van der Waals surface area contributed by atoms with Crippen LogP contribution in [0.1, 0.15) is 24.6 Å². The molecule has 0 saturated carbocycles. The number of rotatable bonds is 2. The summed E-state index contributed by atoms with van der Waals surface area (Å²) in [5.74, 6) is 0.483. The van der Waals surface area contributed by atoms with Gasteiger partial charge in [-0.2, -0.15) is 0 Å². The molecule has 3 nitrogen and oxygen atoms in total. The van der Waals surface area contributed by atoms with Crippen molar-refractivity contribution in [2.45, 2.75) is 19.8 Å². The van der Waals surface area contributed by atoms with Crippen LogP contribution in [-0.2, 0) is 0 Å². The number of nitrogens with one attached hydrogen (secondary N) is 1. The van der Waals surface area contributed by atoms with Gasteiger partial charge < -0.3 is 4.98 Å². The molecule has 0 bridgehead atoms. The number of nitrogens with zero attached hydrogens (tertiary/aromatic N) is 2. The predicted molar refractivity (Wildman–Crippen MR) is 61.5 cm³/mol. The molecule has 2 rings (SSSR count). The number of H-pyrrole nitrogens is 1. The lowest BCUT2D eigenvalue weighted by atomic mass is 10.1. The number of imidazole rings is 1. The van der Waals surface area contributed by atoms with Gasteiger partial charge in [-0.05, 0) is 21.8 Å². The first-order chi connectivity index (χ1) is 6.68. The Labute approximate surface area is 94.7 Å². The number of aromatic amines is 1. The summed E-state index contributed by atoms with van der Waals surface area (Å²) in [6, 6.07) is 0. The molecule has 0 amide bonds. The summed E-state index contributed by atoms with van der Waals surface area (Å²) in [7, 11) is 0. The Morgan fingerprint density at radius 2 is 2.29 bits per heavy atom. The van der Waals surface area contributed by atoms with Gasteiger partial charge in [0.25, 0.3) is 0 Å². The summed E-state index contributed by atoms with van der Waals surface area (Å²) in [5, 5.41) is 0. The van der Waals surface area contributed by atoms with Crippen molar-refractivity contribution in [3.63, 3.8) is 0 Å². The zero-order valence-corrected chi connectivity index (χ0v) is 10.3. The van der Waals surface area contributed by atoms with Gasteiger partial charge in [-0.1, -0.05) is 13.8 Å². The van der Waals surface area contributed by atoms with E-state index in [2.05, 4.69) is 44.7 Å². The topological polar surface area (TPSA) is 41.6 Å². The Balaban J connectivity index is 2.52. The van der Waals surface area contributed by atoms with E-state index in [0.717, 1.165) is 15.3 Å². The second-order valence-corrected chi connectivity index (χ2v) is 5.61. The van der Waals surface area contributed by atoms with Gasteiger partial charge >= 0.3 is 0 Å². The average molecular weight is 272 g/mol. The Morgan fingerprint density at radius 3 is 2.86 bits per heavy atom. The summed E-state index contributed by atoms with van der Waals surface area (Å²) < 4.78 is 0.922. The lowest BCUT2D eigenvalue weighted by molar-refractivity contribution is 0.887. The molecule has 74 valence electrons. The third-order valence-corrected chi connectivity index (χ3v) is 3.71. The van der Waals surface area contributed by atoms with Crippen molar-refractivity contribution in [1.82, 2.24) is 15.0 Å². The van der Waals surface area contributed by atoms with E-state index < -0.39 is 0 Å². The predicted octanol–water partition coefficient (Wildman–Crippen LogP) is 3.42. The molecule has 2 aromatic rings. The number of thiazole rings is 1. The molecule has 5 heteroatoms. The summed E-state index contributed by atoms with van der Waals surface area (Å²) >= 11 is 5.09. The van der Waals surface area contributed by atoms with Gasteiger partial charge in [-0.25, -0.2) is 9.97 Å². The molecule has 0 radical (unpaired) electrons. The second-order valence-electron chi connectivity index (χ2n) is 3.30. The van der Waals surface area contributed by atoms with Crippen molar-refractivity contribution in [1.29, 1.82) is 0 Å². The number of hydrogen-bond donors (Lipinski definition) is 1. The highest BCUT2D eigenvalue weighted by molar-refractivity contribution is 9.11. The molecule has 0 aliphatic rings. The molecule has 14 heavy (non-hydrogen) atoms. The van der Waals surface area contributed by atoms with Crippen LogP contribution in [0.25, 0.3) is 11.4 Å². The largest absolute Gasteiger partial charge is 0.343 e. The summed E-state index contributed by atoms with van der Waals surface area (Å²) in [4.78, 5) is 12.8. The molecule has 1 N–H and O–H groups in total. The van der Waals surface area contributed by atoms with Crippen LogP contribution < -0.4 is 0 Å². The third kappa shape index (κ3) is 1.74. The molecule has 0 aliphatic carbocycles. The standard InChI is InChI=1S/C9H10BrN3S/c1-5(2)8-7(13-9(10)14-8)6-3-11-4-12-6/h3-5H,1-2H3,(H,11,12). The third-order valence-electron chi connectivity index (χ3n) is 1.90. The molecule has 0 saturated heterocycles.